The normalized spacial score (nSPS) is 11.5. The lowest BCUT2D eigenvalue weighted by Crippen LogP contribution is -2.14. The highest BCUT2D eigenvalue weighted by molar-refractivity contribution is 7.15. The molecule has 0 fully saturated rings. The molecule has 136 valence electrons. The highest BCUT2D eigenvalue weighted by atomic mass is 35.5. The van der Waals surface area contributed by atoms with E-state index >= 15 is 0 Å². The van der Waals surface area contributed by atoms with Gasteiger partial charge in [0.25, 0.3) is 0 Å². The lowest BCUT2D eigenvalue weighted by atomic mass is 9.90. The predicted octanol–water partition coefficient (Wildman–Crippen LogP) is 6.00. The number of phenols is 1. The molecule has 1 heterocycles. The van der Waals surface area contributed by atoms with E-state index in [9.17, 15) is 5.11 Å². The zero-order valence-corrected chi connectivity index (χ0v) is 16.8. The summed E-state index contributed by atoms with van der Waals surface area (Å²) in [7, 11) is 0. The van der Waals surface area contributed by atoms with E-state index in [0.29, 0.717) is 12.3 Å². The number of hydrogen-bond donors (Lipinski definition) is 2. The number of rotatable bonds is 5. The molecular formula is C21H23ClN2OS. The summed E-state index contributed by atoms with van der Waals surface area (Å²) in [6, 6.07) is 15.3. The van der Waals surface area contributed by atoms with E-state index in [-0.39, 0.29) is 5.41 Å². The summed E-state index contributed by atoms with van der Waals surface area (Å²) in [5.41, 5.74) is 3.15. The van der Waals surface area contributed by atoms with Crippen molar-refractivity contribution in [2.45, 2.75) is 39.2 Å². The topological polar surface area (TPSA) is 45.2 Å². The standard InChI is InChI=1S/C21H23ClN2OS/c1-21(2,3)19-18(12-14-8-10-16(22)11-9-14)26-20(24-19)23-13-15-6-4-5-7-17(15)25/h4-11,25H,12-13H2,1-3H3,(H,23,24). The zero-order valence-electron chi connectivity index (χ0n) is 15.2. The third-order valence-corrected chi connectivity index (χ3v) is 5.37. The number of anilines is 1. The number of benzene rings is 2. The molecule has 5 heteroatoms. The Balaban J connectivity index is 1.82. The number of para-hydroxylation sites is 1. The van der Waals surface area contributed by atoms with Gasteiger partial charge < -0.3 is 10.4 Å². The Hall–Kier alpha value is -2.04. The number of nitrogens with zero attached hydrogens (tertiary/aromatic N) is 1. The molecular weight excluding hydrogens is 364 g/mol. The molecule has 1 aromatic heterocycles. The van der Waals surface area contributed by atoms with Crippen molar-refractivity contribution in [3.05, 3.63) is 75.3 Å². The van der Waals surface area contributed by atoms with Crippen molar-refractivity contribution in [1.29, 1.82) is 0 Å². The van der Waals surface area contributed by atoms with Gasteiger partial charge in [-0.2, -0.15) is 0 Å². The van der Waals surface area contributed by atoms with Gasteiger partial charge in [-0.05, 0) is 23.8 Å². The lowest BCUT2D eigenvalue weighted by Gasteiger charge is -2.17. The van der Waals surface area contributed by atoms with Crippen molar-refractivity contribution in [3.8, 4) is 5.75 Å². The summed E-state index contributed by atoms with van der Waals surface area (Å²) >= 11 is 7.67. The third kappa shape index (κ3) is 4.57. The van der Waals surface area contributed by atoms with Gasteiger partial charge in [0.1, 0.15) is 5.75 Å². The van der Waals surface area contributed by atoms with E-state index in [0.717, 1.165) is 27.8 Å². The molecule has 0 aliphatic carbocycles. The Kier molecular flexibility index (Phi) is 5.54. The van der Waals surface area contributed by atoms with E-state index in [1.165, 1.54) is 10.4 Å². The fraction of sp³-hybridized carbons (Fsp3) is 0.286. The van der Waals surface area contributed by atoms with E-state index < -0.39 is 0 Å². The number of nitrogens with one attached hydrogen (secondary N) is 1. The van der Waals surface area contributed by atoms with E-state index in [1.54, 1.807) is 17.4 Å². The van der Waals surface area contributed by atoms with Gasteiger partial charge in [0, 0.05) is 33.8 Å². The van der Waals surface area contributed by atoms with Crippen LogP contribution in [0, 0.1) is 0 Å². The van der Waals surface area contributed by atoms with Crippen molar-refractivity contribution in [3.63, 3.8) is 0 Å². The maximum atomic E-state index is 9.93. The minimum absolute atomic E-state index is 0.0346. The summed E-state index contributed by atoms with van der Waals surface area (Å²) in [5, 5.41) is 14.9. The van der Waals surface area contributed by atoms with Crippen molar-refractivity contribution in [2.24, 2.45) is 0 Å². The maximum absolute atomic E-state index is 9.93. The van der Waals surface area contributed by atoms with Crippen molar-refractivity contribution >= 4 is 28.1 Å². The van der Waals surface area contributed by atoms with E-state index in [2.05, 4.69) is 38.2 Å². The van der Waals surface area contributed by atoms with Gasteiger partial charge in [0.15, 0.2) is 5.13 Å². The van der Waals surface area contributed by atoms with Gasteiger partial charge in [-0.3, -0.25) is 0 Å². The summed E-state index contributed by atoms with van der Waals surface area (Å²) in [6.45, 7) is 7.09. The number of phenolic OH excluding ortho intramolecular Hbond substituents is 1. The first-order valence-electron chi connectivity index (χ1n) is 8.58. The van der Waals surface area contributed by atoms with Crippen LogP contribution in [0.5, 0.6) is 5.75 Å². The van der Waals surface area contributed by atoms with Crippen LogP contribution in [0.4, 0.5) is 5.13 Å². The molecule has 3 nitrogen and oxygen atoms in total. The summed E-state index contributed by atoms with van der Waals surface area (Å²) in [5.74, 6) is 0.300. The highest BCUT2D eigenvalue weighted by Crippen LogP contribution is 2.34. The molecule has 2 N–H and O–H groups in total. The van der Waals surface area contributed by atoms with Crippen LogP contribution in [-0.4, -0.2) is 10.1 Å². The van der Waals surface area contributed by atoms with Gasteiger partial charge in [-0.25, -0.2) is 4.98 Å². The molecule has 26 heavy (non-hydrogen) atoms. The molecule has 0 aliphatic heterocycles. The van der Waals surface area contributed by atoms with Crippen LogP contribution in [-0.2, 0) is 18.4 Å². The summed E-state index contributed by atoms with van der Waals surface area (Å²) in [6.07, 6.45) is 0.833. The maximum Gasteiger partial charge on any atom is 0.183 e. The second-order valence-corrected chi connectivity index (χ2v) is 8.85. The van der Waals surface area contributed by atoms with Crippen LogP contribution < -0.4 is 5.32 Å². The number of thiazole rings is 1. The first kappa shape index (κ1) is 18.7. The number of halogens is 1. The van der Waals surface area contributed by atoms with E-state index in [4.69, 9.17) is 16.6 Å². The zero-order chi connectivity index (χ0) is 18.7. The molecule has 3 rings (SSSR count). The Bertz CT molecular complexity index is 882. The second kappa shape index (κ2) is 7.68. The Morgan fingerprint density at radius 3 is 2.42 bits per heavy atom. The van der Waals surface area contributed by atoms with Crippen LogP contribution in [0.2, 0.25) is 5.02 Å². The van der Waals surface area contributed by atoms with Crippen LogP contribution in [0.1, 0.15) is 42.5 Å². The fourth-order valence-corrected chi connectivity index (χ4v) is 4.08. The molecule has 0 amide bonds. The smallest absolute Gasteiger partial charge is 0.183 e. The van der Waals surface area contributed by atoms with Gasteiger partial charge in [-0.15, -0.1) is 11.3 Å². The molecule has 2 aromatic carbocycles. The monoisotopic (exact) mass is 386 g/mol. The van der Waals surface area contributed by atoms with Gasteiger partial charge >= 0.3 is 0 Å². The average molecular weight is 387 g/mol. The van der Waals surface area contributed by atoms with Crippen LogP contribution in [0.3, 0.4) is 0 Å². The number of aromatic hydroxyl groups is 1. The van der Waals surface area contributed by atoms with Gasteiger partial charge in [0.05, 0.1) is 5.69 Å². The largest absolute Gasteiger partial charge is 0.508 e. The predicted molar refractivity (Wildman–Crippen MR) is 111 cm³/mol. The first-order chi connectivity index (χ1) is 12.3. The van der Waals surface area contributed by atoms with Crippen molar-refractivity contribution in [1.82, 2.24) is 4.98 Å². The molecule has 0 spiro atoms. The Labute approximate surface area is 163 Å². The average Bonchev–Trinajstić information content (AvgIpc) is 2.99. The number of hydrogen-bond acceptors (Lipinski definition) is 4. The number of aromatic nitrogens is 1. The third-order valence-electron chi connectivity index (χ3n) is 4.11. The van der Waals surface area contributed by atoms with Gasteiger partial charge in [0.2, 0.25) is 0 Å². The Morgan fingerprint density at radius 2 is 1.77 bits per heavy atom. The minimum Gasteiger partial charge on any atom is -0.508 e. The van der Waals surface area contributed by atoms with Crippen molar-refractivity contribution < 1.29 is 5.11 Å². The molecule has 0 bridgehead atoms. The van der Waals surface area contributed by atoms with E-state index in [1.807, 2.05) is 30.3 Å². The summed E-state index contributed by atoms with van der Waals surface area (Å²) in [4.78, 5) is 6.09. The fourth-order valence-electron chi connectivity index (χ4n) is 2.75. The van der Waals surface area contributed by atoms with Crippen molar-refractivity contribution in [2.75, 3.05) is 5.32 Å². The molecule has 0 saturated heterocycles. The molecule has 0 radical (unpaired) electrons. The lowest BCUT2D eigenvalue weighted by molar-refractivity contribution is 0.469. The molecule has 3 aromatic rings. The quantitative estimate of drug-likeness (QED) is 0.565. The second-order valence-electron chi connectivity index (χ2n) is 7.33. The molecule has 0 saturated carbocycles. The van der Waals surface area contributed by atoms with Gasteiger partial charge in [-0.1, -0.05) is 62.7 Å². The molecule has 0 atom stereocenters. The minimum atomic E-state index is -0.0346. The summed E-state index contributed by atoms with van der Waals surface area (Å²) < 4.78 is 0. The Morgan fingerprint density at radius 1 is 1.08 bits per heavy atom. The van der Waals surface area contributed by atoms with Crippen LogP contribution >= 0.6 is 22.9 Å². The molecule has 0 unspecified atom stereocenters. The first-order valence-corrected chi connectivity index (χ1v) is 9.78. The van der Waals surface area contributed by atoms with Crippen LogP contribution in [0.25, 0.3) is 0 Å². The SMILES string of the molecule is CC(C)(C)c1nc(NCc2ccccc2O)sc1Cc1ccc(Cl)cc1. The van der Waals surface area contributed by atoms with Crippen LogP contribution in [0.15, 0.2) is 48.5 Å². The highest BCUT2D eigenvalue weighted by Gasteiger charge is 2.23. The molecule has 0 aliphatic rings.